The number of ether oxygens (including phenoxy) is 1. The lowest BCUT2D eigenvalue weighted by molar-refractivity contribution is 0.0900. The molecule has 2 saturated heterocycles. The maximum absolute atomic E-state index is 13.2. The lowest BCUT2D eigenvalue weighted by atomic mass is 10.1. The number of rotatable bonds is 7. The summed E-state index contributed by atoms with van der Waals surface area (Å²) in [6.45, 7) is 5.03. The third kappa shape index (κ3) is 6.35. The summed E-state index contributed by atoms with van der Waals surface area (Å²) in [7, 11) is -1.60. The molecule has 2 amide bonds. The molecule has 34 heavy (non-hydrogen) atoms. The summed E-state index contributed by atoms with van der Waals surface area (Å²) in [4.78, 5) is 16.9. The van der Waals surface area contributed by atoms with Crippen LogP contribution in [0.15, 0.2) is 59.5 Å². The van der Waals surface area contributed by atoms with E-state index in [1.54, 1.807) is 29.2 Å². The van der Waals surface area contributed by atoms with E-state index in [2.05, 4.69) is 10.2 Å². The number of urea groups is 1. The summed E-state index contributed by atoms with van der Waals surface area (Å²) in [5.74, 6) is 0.294. The van der Waals surface area contributed by atoms with Crippen molar-refractivity contribution in [3.05, 3.63) is 60.2 Å². The van der Waals surface area contributed by atoms with E-state index in [0.717, 1.165) is 24.9 Å². The second kappa shape index (κ2) is 11.3. The average Bonchev–Trinajstić information content (AvgIpc) is 3.20. The largest absolute Gasteiger partial charge is 0.376 e. The first kappa shape index (κ1) is 24.7. The predicted molar refractivity (Wildman–Crippen MR) is 132 cm³/mol. The van der Waals surface area contributed by atoms with Gasteiger partial charge in [0.1, 0.15) is 0 Å². The predicted octanol–water partition coefficient (Wildman–Crippen LogP) is 3.08. The molecular formula is C25H34N4O4S. The van der Waals surface area contributed by atoms with E-state index in [1.165, 1.54) is 4.31 Å². The van der Waals surface area contributed by atoms with E-state index in [1.807, 2.05) is 37.4 Å². The van der Waals surface area contributed by atoms with Gasteiger partial charge in [-0.1, -0.05) is 36.4 Å². The number of benzene rings is 2. The van der Waals surface area contributed by atoms with Gasteiger partial charge >= 0.3 is 6.03 Å². The lowest BCUT2D eigenvalue weighted by Crippen LogP contribution is -2.35. The van der Waals surface area contributed by atoms with Crippen LogP contribution in [0.3, 0.4) is 0 Å². The van der Waals surface area contributed by atoms with Crippen molar-refractivity contribution in [1.82, 2.24) is 14.1 Å². The maximum Gasteiger partial charge on any atom is 0.321 e. The molecule has 2 aromatic rings. The summed E-state index contributed by atoms with van der Waals surface area (Å²) in [6.07, 6.45) is 1.69. The number of anilines is 1. The van der Waals surface area contributed by atoms with Gasteiger partial charge in [0.2, 0.25) is 10.0 Å². The molecule has 184 valence electrons. The van der Waals surface area contributed by atoms with Gasteiger partial charge in [-0.25, -0.2) is 13.2 Å². The normalized spacial score (nSPS) is 20.3. The molecule has 9 heteroatoms. The zero-order valence-electron chi connectivity index (χ0n) is 19.7. The number of nitrogens with zero attached hydrogens (tertiary/aromatic N) is 3. The molecule has 0 spiro atoms. The maximum atomic E-state index is 13.2. The van der Waals surface area contributed by atoms with E-state index >= 15 is 0 Å². The minimum absolute atomic E-state index is 0.212. The number of carbonyl (C=O) groups excluding carboxylic acids is 1. The van der Waals surface area contributed by atoms with E-state index in [0.29, 0.717) is 57.5 Å². The zero-order valence-corrected chi connectivity index (χ0v) is 20.5. The molecule has 0 aromatic heterocycles. The number of hydrogen-bond donors (Lipinski definition) is 1. The van der Waals surface area contributed by atoms with Crippen LogP contribution < -0.4 is 5.32 Å². The smallest absolute Gasteiger partial charge is 0.321 e. The summed E-state index contributed by atoms with van der Waals surface area (Å²) < 4.78 is 33.7. The number of hydrogen-bond acceptors (Lipinski definition) is 5. The van der Waals surface area contributed by atoms with E-state index in [9.17, 15) is 13.2 Å². The Morgan fingerprint density at radius 3 is 2.68 bits per heavy atom. The number of sulfonamides is 1. The second-order valence-electron chi connectivity index (χ2n) is 9.12. The van der Waals surface area contributed by atoms with Crippen LogP contribution in [0.25, 0.3) is 0 Å². The van der Waals surface area contributed by atoms with Crippen molar-refractivity contribution in [3.8, 4) is 0 Å². The first-order valence-electron chi connectivity index (χ1n) is 11.9. The topological polar surface area (TPSA) is 82.2 Å². The number of likely N-dealkylation sites (tertiary alicyclic amines) is 1. The number of carbonyl (C=O) groups is 1. The molecule has 2 aromatic carbocycles. The summed E-state index contributed by atoms with van der Waals surface area (Å²) in [5, 5.41) is 2.88. The molecular weight excluding hydrogens is 452 g/mol. The van der Waals surface area contributed by atoms with Crippen molar-refractivity contribution >= 4 is 21.7 Å². The van der Waals surface area contributed by atoms with Gasteiger partial charge in [0, 0.05) is 44.3 Å². The van der Waals surface area contributed by atoms with Gasteiger partial charge in [0.15, 0.2) is 0 Å². The van der Waals surface area contributed by atoms with Gasteiger partial charge in [0.05, 0.1) is 18.1 Å². The molecule has 2 heterocycles. The molecule has 0 aliphatic carbocycles. The van der Waals surface area contributed by atoms with Crippen molar-refractivity contribution in [1.29, 1.82) is 0 Å². The molecule has 4 rings (SSSR count). The van der Waals surface area contributed by atoms with Gasteiger partial charge in [0.25, 0.3) is 0 Å². The van der Waals surface area contributed by atoms with Crippen molar-refractivity contribution in [2.24, 2.45) is 5.92 Å². The van der Waals surface area contributed by atoms with Crippen LogP contribution in [-0.4, -0.2) is 81.5 Å². The quantitative estimate of drug-likeness (QED) is 0.651. The first-order valence-corrected chi connectivity index (χ1v) is 13.3. The number of amides is 2. The Morgan fingerprint density at radius 1 is 1.03 bits per heavy atom. The third-order valence-corrected chi connectivity index (χ3v) is 8.33. The first-order chi connectivity index (χ1) is 16.4. The Morgan fingerprint density at radius 2 is 1.85 bits per heavy atom. The second-order valence-corrected chi connectivity index (χ2v) is 11.1. The molecule has 0 bridgehead atoms. The average molecular weight is 487 g/mol. The van der Waals surface area contributed by atoms with Crippen LogP contribution in [0.5, 0.6) is 0 Å². The van der Waals surface area contributed by atoms with Crippen LogP contribution in [0.2, 0.25) is 0 Å². The van der Waals surface area contributed by atoms with Crippen LogP contribution >= 0.6 is 0 Å². The van der Waals surface area contributed by atoms with Crippen LogP contribution in [-0.2, 0) is 21.4 Å². The van der Waals surface area contributed by atoms with E-state index < -0.39 is 10.0 Å². The fraction of sp³-hybridized carbons (Fsp3) is 0.480. The highest BCUT2D eigenvalue weighted by molar-refractivity contribution is 7.89. The summed E-state index contributed by atoms with van der Waals surface area (Å²) >= 11 is 0. The van der Waals surface area contributed by atoms with Crippen LogP contribution in [0.4, 0.5) is 10.5 Å². The van der Waals surface area contributed by atoms with Crippen molar-refractivity contribution in [3.63, 3.8) is 0 Å². The molecule has 2 fully saturated rings. The molecule has 0 saturated carbocycles. The van der Waals surface area contributed by atoms with Crippen molar-refractivity contribution < 1.29 is 17.9 Å². The van der Waals surface area contributed by atoms with Gasteiger partial charge in [-0.15, -0.1) is 0 Å². The highest BCUT2D eigenvalue weighted by Gasteiger charge is 2.28. The molecule has 1 atom stereocenters. The van der Waals surface area contributed by atoms with Gasteiger partial charge in [-0.2, -0.15) is 4.31 Å². The Bertz CT molecular complexity index is 1060. The standard InChI is InChI=1S/C25H34N4O4S/c1-27-12-6-13-29(16-15-27)34(31,32)24-10-5-9-23(17-24)26-25(30)28-14-11-22(18-28)20-33-19-21-7-3-2-4-8-21/h2-5,7-10,17,22H,6,11-16,18-20H2,1H3,(H,26,30). The molecule has 2 aliphatic heterocycles. The van der Waals surface area contributed by atoms with Crippen molar-refractivity contribution in [2.45, 2.75) is 24.3 Å². The van der Waals surface area contributed by atoms with Crippen molar-refractivity contribution in [2.75, 3.05) is 58.2 Å². The molecule has 8 nitrogen and oxygen atoms in total. The Hall–Kier alpha value is -2.46. The highest BCUT2D eigenvalue weighted by Crippen LogP contribution is 2.23. The molecule has 2 aliphatic rings. The summed E-state index contributed by atoms with van der Waals surface area (Å²) in [6, 6.07) is 16.4. The monoisotopic (exact) mass is 486 g/mol. The number of likely N-dealkylation sites (N-methyl/N-ethyl adjacent to an activating group) is 1. The van der Waals surface area contributed by atoms with Gasteiger partial charge in [-0.05, 0) is 50.2 Å². The van der Waals surface area contributed by atoms with Crippen LogP contribution in [0, 0.1) is 5.92 Å². The minimum Gasteiger partial charge on any atom is -0.376 e. The van der Waals surface area contributed by atoms with Gasteiger partial charge < -0.3 is 19.9 Å². The fourth-order valence-corrected chi connectivity index (χ4v) is 5.94. The molecule has 0 radical (unpaired) electrons. The Labute approximate surface area is 202 Å². The molecule has 1 N–H and O–H groups in total. The Kier molecular flexibility index (Phi) is 8.20. The zero-order chi connectivity index (χ0) is 24.0. The summed E-state index contributed by atoms with van der Waals surface area (Å²) in [5.41, 5.74) is 1.62. The minimum atomic E-state index is -3.60. The highest BCUT2D eigenvalue weighted by atomic mass is 32.2. The van der Waals surface area contributed by atoms with Gasteiger partial charge in [-0.3, -0.25) is 0 Å². The SMILES string of the molecule is CN1CCCN(S(=O)(=O)c2cccc(NC(=O)N3CCC(COCc4ccccc4)C3)c2)CC1. The lowest BCUT2D eigenvalue weighted by Gasteiger charge is -2.21. The van der Waals surface area contributed by atoms with E-state index in [4.69, 9.17) is 4.74 Å². The molecule has 1 unspecified atom stereocenters. The van der Waals surface area contributed by atoms with E-state index in [-0.39, 0.29) is 10.9 Å². The number of nitrogens with one attached hydrogen (secondary N) is 1. The Balaban J connectivity index is 1.30. The third-order valence-electron chi connectivity index (χ3n) is 6.44. The fourth-order valence-electron chi connectivity index (χ4n) is 4.42. The van der Waals surface area contributed by atoms with Crippen LogP contribution in [0.1, 0.15) is 18.4 Å².